The second-order valence-corrected chi connectivity index (χ2v) is 3.89. The Bertz CT molecular complexity index is 380. The average Bonchev–Trinajstić information content (AvgIpc) is 2.26. The summed E-state index contributed by atoms with van der Waals surface area (Å²) in [5.74, 6) is -0.262. The first kappa shape index (κ1) is 13.0. The molecule has 0 unspecified atom stereocenters. The van der Waals surface area contributed by atoms with Crippen LogP contribution in [0.4, 0.5) is 9.18 Å². The molecule has 0 aliphatic heterocycles. The normalized spacial score (nSPS) is 10.0. The van der Waals surface area contributed by atoms with Crippen molar-refractivity contribution in [3.63, 3.8) is 0 Å². The van der Waals surface area contributed by atoms with Crippen LogP contribution in [0.1, 0.15) is 13.8 Å². The molecule has 16 heavy (non-hydrogen) atoms. The number of carbonyl (C=O) groups is 1. The van der Waals surface area contributed by atoms with Crippen molar-refractivity contribution in [3.8, 4) is 5.75 Å². The van der Waals surface area contributed by atoms with Gasteiger partial charge in [-0.2, -0.15) is 0 Å². The van der Waals surface area contributed by atoms with Crippen molar-refractivity contribution in [2.75, 3.05) is 13.1 Å². The molecule has 1 amide bonds. The van der Waals surface area contributed by atoms with E-state index in [-0.39, 0.29) is 10.2 Å². The molecule has 0 spiro atoms. The van der Waals surface area contributed by atoms with Gasteiger partial charge >= 0.3 is 6.09 Å². The molecule has 88 valence electrons. The minimum atomic E-state index is -0.476. The second kappa shape index (κ2) is 5.84. The number of amides is 1. The molecule has 5 heteroatoms. The van der Waals surface area contributed by atoms with Gasteiger partial charge < -0.3 is 9.64 Å². The Kier molecular flexibility index (Phi) is 4.73. The summed E-state index contributed by atoms with van der Waals surface area (Å²) in [5, 5.41) is 0. The van der Waals surface area contributed by atoms with Gasteiger partial charge in [-0.25, -0.2) is 9.18 Å². The number of carbonyl (C=O) groups excluding carboxylic acids is 1. The fourth-order valence-electron chi connectivity index (χ4n) is 1.20. The number of halogens is 2. The monoisotopic (exact) mass is 289 g/mol. The van der Waals surface area contributed by atoms with Crippen molar-refractivity contribution in [2.45, 2.75) is 13.8 Å². The number of ether oxygens (including phenoxy) is 1. The van der Waals surface area contributed by atoms with Gasteiger partial charge in [0, 0.05) is 13.1 Å². The maximum atomic E-state index is 13.1. The standard InChI is InChI=1S/C11H13BrFNO2/c1-3-14(4-2)11(15)16-9-7-5-6-8(13)10(9)12/h5-7H,3-4H2,1-2H3. The van der Waals surface area contributed by atoms with Crippen LogP contribution in [0.25, 0.3) is 0 Å². The third kappa shape index (κ3) is 2.95. The van der Waals surface area contributed by atoms with Crippen molar-refractivity contribution in [3.05, 3.63) is 28.5 Å². The van der Waals surface area contributed by atoms with Crippen molar-refractivity contribution in [2.24, 2.45) is 0 Å². The van der Waals surface area contributed by atoms with Crippen molar-refractivity contribution < 1.29 is 13.9 Å². The summed E-state index contributed by atoms with van der Waals surface area (Å²) in [6.45, 7) is 4.82. The van der Waals surface area contributed by atoms with Crippen LogP contribution in [0.2, 0.25) is 0 Å². The number of rotatable bonds is 3. The molecule has 0 aliphatic carbocycles. The van der Waals surface area contributed by atoms with Crippen LogP contribution in [0.5, 0.6) is 5.75 Å². The van der Waals surface area contributed by atoms with Gasteiger partial charge in [0.1, 0.15) is 11.6 Å². The molecular formula is C11H13BrFNO2. The lowest BCUT2D eigenvalue weighted by Gasteiger charge is -2.18. The van der Waals surface area contributed by atoms with E-state index in [9.17, 15) is 9.18 Å². The first-order valence-electron chi connectivity index (χ1n) is 5.00. The quantitative estimate of drug-likeness (QED) is 0.853. The molecule has 1 aromatic rings. The molecule has 1 rings (SSSR count). The first-order valence-corrected chi connectivity index (χ1v) is 5.80. The Morgan fingerprint density at radius 3 is 2.62 bits per heavy atom. The number of hydrogen-bond donors (Lipinski definition) is 0. The fraction of sp³-hybridized carbons (Fsp3) is 0.364. The molecule has 0 N–H and O–H groups in total. The molecular weight excluding hydrogens is 277 g/mol. The van der Waals surface area contributed by atoms with Gasteiger partial charge in [0.15, 0.2) is 0 Å². The van der Waals surface area contributed by atoms with E-state index in [1.807, 2.05) is 13.8 Å². The average molecular weight is 290 g/mol. The van der Waals surface area contributed by atoms with E-state index in [4.69, 9.17) is 4.74 Å². The molecule has 3 nitrogen and oxygen atoms in total. The van der Waals surface area contributed by atoms with Crippen molar-refractivity contribution >= 4 is 22.0 Å². The Labute approximate surface area is 102 Å². The van der Waals surface area contributed by atoms with Crippen LogP contribution in [0.3, 0.4) is 0 Å². The highest BCUT2D eigenvalue weighted by molar-refractivity contribution is 9.10. The van der Waals surface area contributed by atoms with Gasteiger partial charge in [-0.3, -0.25) is 0 Å². The fourth-order valence-corrected chi connectivity index (χ4v) is 1.55. The Hall–Kier alpha value is -1.10. The molecule has 0 atom stereocenters. The van der Waals surface area contributed by atoms with Crippen molar-refractivity contribution in [1.82, 2.24) is 4.90 Å². The topological polar surface area (TPSA) is 29.5 Å². The summed E-state index contributed by atoms with van der Waals surface area (Å²) in [7, 11) is 0. The van der Waals surface area contributed by atoms with E-state index < -0.39 is 11.9 Å². The largest absolute Gasteiger partial charge is 0.415 e. The summed E-state index contributed by atoms with van der Waals surface area (Å²) >= 11 is 3.03. The van der Waals surface area contributed by atoms with Gasteiger partial charge in [0.05, 0.1) is 4.47 Å². The summed E-state index contributed by atoms with van der Waals surface area (Å²) in [4.78, 5) is 13.1. The molecule has 0 heterocycles. The lowest BCUT2D eigenvalue weighted by atomic mass is 10.3. The molecule has 1 aromatic carbocycles. The van der Waals surface area contributed by atoms with Gasteiger partial charge in [0.2, 0.25) is 0 Å². The second-order valence-electron chi connectivity index (χ2n) is 3.09. The minimum Gasteiger partial charge on any atom is -0.409 e. The Morgan fingerprint density at radius 1 is 1.44 bits per heavy atom. The van der Waals surface area contributed by atoms with Crippen molar-refractivity contribution in [1.29, 1.82) is 0 Å². The van der Waals surface area contributed by atoms with Crippen LogP contribution >= 0.6 is 15.9 Å². The van der Waals surface area contributed by atoms with Gasteiger partial charge in [-0.05, 0) is 41.9 Å². The third-order valence-corrected chi connectivity index (χ3v) is 2.90. The Morgan fingerprint density at radius 2 is 2.06 bits per heavy atom. The molecule has 0 bridgehead atoms. The van der Waals surface area contributed by atoms with Crippen LogP contribution in [0, 0.1) is 5.82 Å². The van der Waals surface area contributed by atoms with E-state index in [1.54, 1.807) is 0 Å². The van der Waals surface area contributed by atoms with E-state index >= 15 is 0 Å². The zero-order valence-electron chi connectivity index (χ0n) is 9.17. The lowest BCUT2D eigenvalue weighted by Crippen LogP contribution is -2.33. The summed E-state index contributed by atoms with van der Waals surface area (Å²) in [5.41, 5.74) is 0. The van der Waals surface area contributed by atoms with Gasteiger partial charge in [0.25, 0.3) is 0 Å². The maximum Gasteiger partial charge on any atom is 0.415 e. The SMILES string of the molecule is CCN(CC)C(=O)Oc1cccc(F)c1Br. The third-order valence-electron chi connectivity index (χ3n) is 2.14. The van der Waals surface area contributed by atoms with E-state index in [2.05, 4.69) is 15.9 Å². The highest BCUT2D eigenvalue weighted by Crippen LogP contribution is 2.27. The van der Waals surface area contributed by atoms with E-state index in [1.165, 1.54) is 23.1 Å². The molecule has 0 fully saturated rings. The van der Waals surface area contributed by atoms with Crippen LogP contribution < -0.4 is 4.74 Å². The smallest absolute Gasteiger partial charge is 0.409 e. The van der Waals surface area contributed by atoms with Crippen LogP contribution in [0.15, 0.2) is 22.7 Å². The van der Waals surface area contributed by atoms with Gasteiger partial charge in [-0.1, -0.05) is 6.07 Å². The summed E-state index contributed by atoms with van der Waals surface area (Å²) in [6.07, 6.45) is -0.476. The number of benzene rings is 1. The number of hydrogen-bond acceptors (Lipinski definition) is 2. The van der Waals surface area contributed by atoms with Crippen LogP contribution in [-0.4, -0.2) is 24.1 Å². The zero-order chi connectivity index (χ0) is 12.1. The predicted molar refractivity (Wildman–Crippen MR) is 63.0 cm³/mol. The zero-order valence-corrected chi connectivity index (χ0v) is 10.8. The maximum absolute atomic E-state index is 13.1. The lowest BCUT2D eigenvalue weighted by molar-refractivity contribution is 0.157. The summed E-state index contributed by atoms with van der Waals surface area (Å²) < 4.78 is 18.4. The molecule has 0 aromatic heterocycles. The van der Waals surface area contributed by atoms with Crippen LogP contribution in [-0.2, 0) is 0 Å². The van der Waals surface area contributed by atoms with Gasteiger partial charge in [-0.15, -0.1) is 0 Å². The number of nitrogens with zero attached hydrogens (tertiary/aromatic N) is 1. The predicted octanol–water partition coefficient (Wildman–Crippen LogP) is 3.43. The molecule has 0 radical (unpaired) electrons. The van der Waals surface area contributed by atoms with E-state index in [0.717, 1.165) is 0 Å². The first-order chi connectivity index (χ1) is 7.60. The molecule has 0 saturated carbocycles. The highest BCUT2D eigenvalue weighted by Gasteiger charge is 2.15. The minimum absolute atomic E-state index is 0.163. The van der Waals surface area contributed by atoms with E-state index in [0.29, 0.717) is 13.1 Å². The molecule has 0 saturated heterocycles. The molecule has 0 aliphatic rings. The highest BCUT2D eigenvalue weighted by atomic mass is 79.9. The Balaban J connectivity index is 2.80. The summed E-state index contributed by atoms with van der Waals surface area (Å²) in [6, 6.07) is 4.32.